The van der Waals surface area contributed by atoms with Gasteiger partial charge in [0.05, 0.1) is 24.0 Å². The van der Waals surface area contributed by atoms with Crippen molar-refractivity contribution in [2.45, 2.75) is 13.5 Å². The first-order chi connectivity index (χ1) is 10.6. The number of fused-ring (bicyclic) bond motifs is 1. The van der Waals surface area contributed by atoms with Gasteiger partial charge in [0, 0.05) is 12.2 Å². The number of aryl methyl sites for hydroxylation is 1. The molecule has 1 aromatic heterocycles. The molecule has 2 heterocycles. The van der Waals surface area contributed by atoms with E-state index in [9.17, 15) is 10.1 Å². The van der Waals surface area contributed by atoms with E-state index in [4.69, 9.17) is 5.11 Å². The van der Waals surface area contributed by atoms with Gasteiger partial charge >= 0.3 is 5.97 Å². The number of imidazole rings is 1. The van der Waals surface area contributed by atoms with Crippen LogP contribution >= 0.6 is 0 Å². The standard InChI is InChI=1S/C14H14N6O2/c1-8-10(19-14-16-2-3-17-14)4-9(5-15)12-13(8)20(7-18-12)6-11(21)22/h4,7H,2-3,6H2,1H3,(H,21,22)(H2,16,17,19). The average molecular weight is 298 g/mol. The molecule has 2 aromatic rings. The number of rotatable bonds is 3. The van der Waals surface area contributed by atoms with Crippen molar-refractivity contribution in [2.75, 3.05) is 18.4 Å². The zero-order valence-electron chi connectivity index (χ0n) is 11.9. The van der Waals surface area contributed by atoms with Crippen LogP contribution in [0.25, 0.3) is 11.0 Å². The fraction of sp³-hybridized carbons (Fsp3) is 0.286. The molecule has 1 aliphatic rings. The molecule has 8 heteroatoms. The highest BCUT2D eigenvalue weighted by Gasteiger charge is 2.17. The van der Waals surface area contributed by atoms with Crippen LogP contribution in [0.4, 0.5) is 5.69 Å². The third kappa shape index (κ3) is 2.33. The summed E-state index contributed by atoms with van der Waals surface area (Å²) in [6, 6.07) is 3.81. The van der Waals surface area contributed by atoms with Gasteiger partial charge in [0.25, 0.3) is 0 Å². The number of aliphatic carboxylic acids is 1. The quantitative estimate of drug-likeness (QED) is 0.767. The molecule has 1 aliphatic heterocycles. The van der Waals surface area contributed by atoms with Crippen LogP contribution in [0.5, 0.6) is 0 Å². The SMILES string of the molecule is Cc1c(NC2=NCCN2)cc(C#N)c2ncn(CC(=O)O)c12. The summed E-state index contributed by atoms with van der Waals surface area (Å²) in [6.07, 6.45) is 1.45. The zero-order chi connectivity index (χ0) is 15.7. The Labute approximate surface area is 126 Å². The lowest BCUT2D eigenvalue weighted by atomic mass is 10.1. The number of hydrogen-bond donors (Lipinski definition) is 3. The maximum absolute atomic E-state index is 11.0. The number of nitrogens with zero attached hydrogens (tertiary/aromatic N) is 4. The topological polar surface area (TPSA) is 115 Å². The number of carboxylic acids is 1. The fourth-order valence-corrected chi connectivity index (χ4v) is 2.51. The molecule has 0 bridgehead atoms. The maximum atomic E-state index is 11.0. The lowest BCUT2D eigenvalue weighted by Crippen LogP contribution is -2.26. The monoisotopic (exact) mass is 298 g/mol. The highest BCUT2D eigenvalue weighted by atomic mass is 16.4. The normalized spacial score (nSPS) is 13.5. The maximum Gasteiger partial charge on any atom is 0.323 e. The Kier molecular flexibility index (Phi) is 3.39. The van der Waals surface area contributed by atoms with E-state index in [-0.39, 0.29) is 6.54 Å². The third-order valence-corrected chi connectivity index (χ3v) is 3.49. The Bertz CT molecular complexity index is 830. The van der Waals surface area contributed by atoms with Crippen molar-refractivity contribution < 1.29 is 9.90 Å². The van der Waals surface area contributed by atoms with Crippen molar-refractivity contribution in [3.05, 3.63) is 23.5 Å². The van der Waals surface area contributed by atoms with Gasteiger partial charge < -0.3 is 20.3 Å². The molecule has 0 amide bonds. The van der Waals surface area contributed by atoms with Crippen LogP contribution in [0.15, 0.2) is 17.4 Å². The molecule has 1 aromatic carbocycles. The number of aromatic nitrogens is 2. The molecule has 112 valence electrons. The van der Waals surface area contributed by atoms with Crippen LogP contribution in [0, 0.1) is 18.3 Å². The van der Waals surface area contributed by atoms with E-state index in [1.807, 2.05) is 6.92 Å². The van der Waals surface area contributed by atoms with Gasteiger partial charge in [-0.15, -0.1) is 0 Å². The van der Waals surface area contributed by atoms with Gasteiger partial charge in [0.15, 0.2) is 5.96 Å². The van der Waals surface area contributed by atoms with E-state index >= 15 is 0 Å². The van der Waals surface area contributed by atoms with Crippen LogP contribution in [0.2, 0.25) is 0 Å². The second-order valence-electron chi connectivity index (χ2n) is 4.95. The summed E-state index contributed by atoms with van der Waals surface area (Å²) in [7, 11) is 0. The van der Waals surface area contributed by atoms with Crippen molar-refractivity contribution >= 4 is 28.6 Å². The Morgan fingerprint density at radius 3 is 3.09 bits per heavy atom. The highest BCUT2D eigenvalue weighted by molar-refractivity contribution is 5.99. The van der Waals surface area contributed by atoms with Crippen molar-refractivity contribution in [3.8, 4) is 6.07 Å². The van der Waals surface area contributed by atoms with Gasteiger partial charge in [-0.3, -0.25) is 9.79 Å². The average Bonchev–Trinajstić information content (AvgIpc) is 3.11. The summed E-state index contributed by atoms with van der Waals surface area (Å²) in [5.41, 5.74) is 3.08. The van der Waals surface area contributed by atoms with E-state index in [1.165, 1.54) is 10.9 Å². The minimum atomic E-state index is -0.961. The van der Waals surface area contributed by atoms with Gasteiger partial charge in [-0.1, -0.05) is 0 Å². The van der Waals surface area contributed by atoms with E-state index < -0.39 is 5.97 Å². The predicted molar refractivity (Wildman–Crippen MR) is 80.7 cm³/mol. The molecule has 0 spiro atoms. The van der Waals surface area contributed by atoms with Crippen molar-refractivity contribution in [1.29, 1.82) is 5.26 Å². The van der Waals surface area contributed by atoms with Crippen molar-refractivity contribution in [3.63, 3.8) is 0 Å². The molecule has 0 atom stereocenters. The molecule has 0 saturated carbocycles. The number of hydrogen-bond acceptors (Lipinski definition) is 6. The van der Waals surface area contributed by atoms with Crippen LogP contribution in [0.3, 0.4) is 0 Å². The summed E-state index contributed by atoms with van der Waals surface area (Å²) < 4.78 is 1.53. The first-order valence-corrected chi connectivity index (χ1v) is 6.76. The summed E-state index contributed by atoms with van der Waals surface area (Å²) in [5.74, 6) is -0.312. The van der Waals surface area contributed by atoms with Gasteiger partial charge in [-0.2, -0.15) is 5.26 Å². The lowest BCUT2D eigenvalue weighted by molar-refractivity contribution is -0.137. The molecule has 3 N–H and O–H groups in total. The Hall–Kier alpha value is -3.08. The number of benzene rings is 1. The number of anilines is 1. The zero-order valence-corrected chi connectivity index (χ0v) is 11.9. The Morgan fingerprint density at radius 2 is 2.45 bits per heavy atom. The van der Waals surface area contributed by atoms with E-state index in [0.29, 0.717) is 34.8 Å². The number of nitriles is 1. The smallest absolute Gasteiger partial charge is 0.323 e. The van der Waals surface area contributed by atoms with Crippen LogP contribution in [-0.2, 0) is 11.3 Å². The summed E-state index contributed by atoms with van der Waals surface area (Å²) >= 11 is 0. The van der Waals surface area contributed by atoms with Crippen LogP contribution in [0.1, 0.15) is 11.1 Å². The first kappa shape index (κ1) is 13.9. The number of aliphatic imine (C=N–C) groups is 1. The van der Waals surface area contributed by atoms with E-state index in [1.54, 1.807) is 6.07 Å². The minimum Gasteiger partial charge on any atom is -0.480 e. The summed E-state index contributed by atoms with van der Waals surface area (Å²) in [4.78, 5) is 19.4. The van der Waals surface area contributed by atoms with Crippen LogP contribution in [-0.4, -0.2) is 39.7 Å². The van der Waals surface area contributed by atoms with Gasteiger partial charge in [0.1, 0.15) is 18.1 Å². The van der Waals surface area contributed by atoms with Gasteiger partial charge in [0.2, 0.25) is 0 Å². The second kappa shape index (κ2) is 5.37. The van der Waals surface area contributed by atoms with E-state index in [0.717, 1.165) is 12.1 Å². The minimum absolute atomic E-state index is 0.204. The molecule has 3 rings (SSSR count). The number of carboxylic acid groups (broad SMARTS) is 1. The van der Waals surface area contributed by atoms with Crippen molar-refractivity contribution in [1.82, 2.24) is 14.9 Å². The summed E-state index contributed by atoms with van der Waals surface area (Å²) in [6.45, 7) is 3.13. The highest BCUT2D eigenvalue weighted by Crippen LogP contribution is 2.28. The number of guanidine groups is 1. The molecular weight excluding hydrogens is 284 g/mol. The lowest BCUT2D eigenvalue weighted by Gasteiger charge is -2.12. The van der Waals surface area contributed by atoms with Gasteiger partial charge in [-0.05, 0) is 18.6 Å². The number of nitrogens with one attached hydrogen (secondary N) is 2. The van der Waals surface area contributed by atoms with E-state index in [2.05, 4.69) is 26.7 Å². The molecule has 0 aliphatic carbocycles. The van der Waals surface area contributed by atoms with Crippen LogP contribution < -0.4 is 10.6 Å². The third-order valence-electron chi connectivity index (χ3n) is 3.49. The molecule has 22 heavy (non-hydrogen) atoms. The molecule has 0 fully saturated rings. The Balaban J connectivity index is 2.14. The second-order valence-corrected chi connectivity index (χ2v) is 4.95. The molecule has 0 saturated heterocycles. The first-order valence-electron chi connectivity index (χ1n) is 6.76. The number of carbonyl (C=O) groups is 1. The largest absolute Gasteiger partial charge is 0.480 e. The fourth-order valence-electron chi connectivity index (χ4n) is 2.51. The predicted octanol–water partition coefficient (Wildman–Crippen LogP) is 0.672. The van der Waals surface area contributed by atoms with Gasteiger partial charge in [-0.25, -0.2) is 4.98 Å². The Morgan fingerprint density at radius 1 is 1.64 bits per heavy atom. The van der Waals surface area contributed by atoms with Crippen molar-refractivity contribution in [2.24, 2.45) is 4.99 Å². The molecular formula is C14H14N6O2. The summed E-state index contributed by atoms with van der Waals surface area (Å²) in [5, 5.41) is 24.6. The molecule has 0 radical (unpaired) electrons. The molecule has 0 unspecified atom stereocenters. The molecule has 8 nitrogen and oxygen atoms in total.